The maximum Gasteiger partial charge on any atom is 0.344 e. The van der Waals surface area contributed by atoms with Crippen LogP contribution in [0.3, 0.4) is 0 Å². The van der Waals surface area contributed by atoms with Crippen molar-refractivity contribution in [2.75, 3.05) is 6.61 Å². The second-order valence-electron chi connectivity index (χ2n) is 5.97. The number of hydrogen-bond donors (Lipinski definition) is 0. The Morgan fingerprint density at radius 2 is 2.19 bits per heavy atom. The molecule has 116 valence electrons. The highest BCUT2D eigenvalue weighted by molar-refractivity contribution is 7.87. The lowest BCUT2D eigenvalue weighted by Crippen LogP contribution is -2.43. The Bertz CT molecular complexity index is 610. The number of esters is 2. The summed E-state index contributed by atoms with van der Waals surface area (Å²) in [6.45, 7) is 4.55. The van der Waals surface area contributed by atoms with Crippen molar-refractivity contribution in [3.05, 3.63) is 12.7 Å². The third-order valence-electron chi connectivity index (χ3n) is 4.72. The number of carbonyl (C=O) groups excluding carboxylic acids is 2. The van der Waals surface area contributed by atoms with Crippen molar-refractivity contribution < 1.29 is 31.7 Å². The molecule has 0 amide bonds. The highest BCUT2D eigenvalue weighted by atomic mass is 32.2. The van der Waals surface area contributed by atoms with Gasteiger partial charge in [0.05, 0.1) is 5.25 Å². The summed E-state index contributed by atoms with van der Waals surface area (Å²) < 4.78 is 38.9. The second kappa shape index (κ2) is 4.54. The van der Waals surface area contributed by atoms with Crippen LogP contribution < -0.4 is 0 Å². The molecule has 2 aliphatic carbocycles. The second-order valence-corrected chi connectivity index (χ2v) is 7.72. The van der Waals surface area contributed by atoms with Gasteiger partial charge >= 0.3 is 11.9 Å². The van der Waals surface area contributed by atoms with Crippen LogP contribution in [0.4, 0.5) is 0 Å². The molecule has 5 unspecified atom stereocenters. The van der Waals surface area contributed by atoms with E-state index in [0.717, 1.165) is 6.08 Å². The van der Waals surface area contributed by atoms with Gasteiger partial charge in [-0.3, -0.25) is 4.18 Å². The van der Waals surface area contributed by atoms with Crippen LogP contribution in [0.5, 0.6) is 0 Å². The molecule has 7 nitrogen and oxygen atoms in total. The molecule has 0 aromatic rings. The normalized spacial score (nSPS) is 41.8. The fourth-order valence-electron chi connectivity index (χ4n) is 3.85. The number of hydrogen-bond acceptors (Lipinski definition) is 7. The molecular weight excluding hydrogens is 300 g/mol. The lowest BCUT2D eigenvalue weighted by molar-refractivity contribution is -0.166. The van der Waals surface area contributed by atoms with Crippen LogP contribution in [0.25, 0.3) is 0 Å². The Morgan fingerprint density at radius 3 is 2.86 bits per heavy atom. The van der Waals surface area contributed by atoms with Gasteiger partial charge in [0.2, 0.25) is 0 Å². The van der Waals surface area contributed by atoms with Crippen molar-refractivity contribution in [2.24, 2.45) is 11.3 Å². The first-order chi connectivity index (χ1) is 9.78. The molecule has 0 radical (unpaired) electrons. The number of carbonyl (C=O) groups is 2. The zero-order valence-corrected chi connectivity index (χ0v) is 12.3. The fourth-order valence-corrected chi connectivity index (χ4v) is 5.98. The molecule has 5 atom stereocenters. The van der Waals surface area contributed by atoms with Crippen LogP contribution in [0.2, 0.25) is 0 Å². The van der Waals surface area contributed by atoms with Crippen LogP contribution in [-0.2, 0) is 33.4 Å². The summed E-state index contributed by atoms with van der Waals surface area (Å²) in [5.41, 5.74) is -0.494. The van der Waals surface area contributed by atoms with E-state index in [2.05, 4.69) is 11.3 Å². The van der Waals surface area contributed by atoms with Crippen LogP contribution >= 0.6 is 0 Å². The topological polar surface area (TPSA) is 96.0 Å². The first kappa shape index (κ1) is 14.5. The Labute approximate surface area is 122 Å². The predicted molar refractivity (Wildman–Crippen MR) is 69.4 cm³/mol. The van der Waals surface area contributed by atoms with Gasteiger partial charge in [-0.25, -0.2) is 9.59 Å². The average molecular weight is 316 g/mol. The van der Waals surface area contributed by atoms with Gasteiger partial charge in [0.1, 0.15) is 12.2 Å². The maximum atomic E-state index is 11.9. The van der Waals surface area contributed by atoms with Crippen molar-refractivity contribution in [2.45, 2.75) is 37.2 Å². The summed E-state index contributed by atoms with van der Waals surface area (Å²) in [5, 5.41) is -0.506. The highest BCUT2D eigenvalue weighted by Gasteiger charge is 2.72. The molecule has 0 spiro atoms. The summed E-state index contributed by atoms with van der Waals surface area (Å²) >= 11 is 0. The van der Waals surface area contributed by atoms with E-state index in [-0.39, 0.29) is 5.92 Å². The molecule has 3 aliphatic rings. The third-order valence-corrected chi connectivity index (χ3v) is 6.62. The van der Waals surface area contributed by atoms with Crippen molar-refractivity contribution in [3.63, 3.8) is 0 Å². The Morgan fingerprint density at radius 1 is 1.48 bits per heavy atom. The summed E-state index contributed by atoms with van der Waals surface area (Å²) in [5.74, 6) is -1.45. The van der Waals surface area contributed by atoms with E-state index < -0.39 is 51.5 Å². The van der Waals surface area contributed by atoms with Crippen molar-refractivity contribution in [3.8, 4) is 0 Å². The number of ether oxygens (including phenoxy) is 2. The van der Waals surface area contributed by atoms with E-state index in [4.69, 9.17) is 8.92 Å². The quantitative estimate of drug-likeness (QED) is 0.414. The molecule has 21 heavy (non-hydrogen) atoms. The summed E-state index contributed by atoms with van der Waals surface area (Å²) in [7, 11) is -3.58. The van der Waals surface area contributed by atoms with Crippen molar-refractivity contribution in [1.29, 1.82) is 0 Å². The molecule has 2 saturated carbocycles. The van der Waals surface area contributed by atoms with Gasteiger partial charge in [-0.1, -0.05) is 13.5 Å². The summed E-state index contributed by atoms with van der Waals surface area (Å²) in [6, 6.07) is 0. The molecule has 0 N–H and O–H groups in total. The van der Waals surface area contributed by atoms with Gasteiger partial charge in [0.25, 0.3) is 10.1 Å². The van der Waals surface area contributed by atoms with Crippen LogP contribution in [0, 0.1) is 11.3 Å². The molecule has 1 saturated heterocycles. The molecular formula is C13H16O7S. The first-order valence-electron chi connectivity index (χ1n) is 6.69. The predicted octanol–water partition coefficient (Wildman–Crippen LogP) is 0.155. The van der Waals surface area contributed by atoms with E-state index in [0.29, 0.717) is 12.8 Å². The molecule has 2 bridgehead atoms. The Kier molecular flexibility index (Phi) is 3.14. The van der Waals surface area contributed by atoms with Gasteiger partial charge in [-0.15, -0.1) is 0 Å². The number of rotatable bonds is 4. The fraction of sp³-hybridized carbons (Fsp3) is 0.692. The monoisotopic (exact) mass is 316 g/mol. The lowest BCUT2D eigenvalue weighted by Gasteiger charge is -2.29. The summed E-state index contributed by atoms with van der Waals surface area (Å²) in [4.78, 5) is 22.6. The molecule has 1 aliphatic heterocycles. The van der Waals surface area contributed by atoms with Crippen LogP contribution in [0.15, 0.2) is 12.7 Å². The third kappa shape index (κ3) is 2.08. The Balaban J connectivity index is 1.68. The molecule has 3 fully saturated rings. The average Bonchev–Trinajstić information content (AvgIpc) is 2.92. The van der Waals surface area contributed by atoms with E-state index in [9.17, 15) is 18.0 Å². The van der Waals surface area contributed by atoms with E-state index in [1.807, 2.05) is 6.92 Å². The highest BCUT2D eigenvalue weighted by Crippen LogP contribution is 2.62. The van der Waals surface area contributed by atoms with Crippen molar-refractivity contribution in [1.82, 2.24) is 0 Å². The minimum absolute atomic E-state index is 0.0265. The maximum absolute atomic E-state index is 11.9. The largest absolute Gasteiger partial charge is 0.457 e. The minimum Gasteiger partial charge on any atom is -0.457 e. The first-order valence-corrected chi connectivity index (χ1v) is 8.16. The van der Waals surface area contributed by atoms with Crippen LogP contribution in [0.1, 0.15) is 19.8 Å². The molecule has 1 heterocycles. The lowest BCUT2D eigenvalue weighted by atomic mass is 9.82. The van der Waals surface area contributed by atoms with E-state index in [1.165, 1.54) is 0 Å². The molecule has 8 heteroatoms. The van der Waals surface area contributed by atoms with Gasteiger partial charge in [-0.05, 0) is 12.8 Å². The standard InChI is InChI=1S/C13H16O7S/c1-3-9(14)18-6-10(15)19-11-7-4-8-13(2,5-7)12(11)20-21(8,16)17/h3,7-8,11-12H,1,4-6H2,2H3. The Hall–Kier alpha value is -1.41. The molecule has 0 aromatic carbocycles. The minimum atomic E-state index is -3.58. The van der Waals surface area contributed by atoms with Gasteiger partial charge in [-0.2, -0.15) is 8.42 Å². The van der Waals surface area contributed by atoms with Crippen molar-refractivity contribution >= 4 is 22.1 Å². The van der Waals surface area contributed by atoms with Crippen LogP contribution in [-0.4, -0.2) is 44.4 Å². The SMILES string of the molecule is C=CC(=O)OCC(=O)OC1C2CC3C(C)(C2)C1OS3(=O)=O. The summed E-state index contributed by atoms with van der Waals surface area (Å²) in [6.07, 6.45) is 0.818. The molecule has 0 aromatic heterocycles. The van der Waals surface area contributed by atoms with E-state index >= 15 is 0 Å². The molecule has 3 rings (SSSR count). The van der Waals surface area contributed by atoms with Gasteiger partial charge < -0.3 is 9.47 Å². The zero-order valence-electron chi connectivity index (χ0n) is 11.5. The van der Waals surface area contributed by atoms with Gasteiger partial charge in [0, 0.05) is 17.4 Å². The zero-order chi connectivity index (χ0) is 15.4. The van der Waals surface area contributed by atoms with E-state index in [1.54, 1.807) is 0 Å². The number of fused-ring (bicyclic) bond motifs is 1. The van der Waals surface area contributed by atoms with Gasteiger partial charge in [0.15, 0.2) is 6.61 Å². The smallest absolute Gasteiger partial charge is 0.344 e.